The Labute approximate surface area is 214 Å². The van der Waals surface area contributed by atoms with E-state index in [0.29, 0.717) is 23.0 Å². The SMILES string of the molecule is Cc1cc(C(C)(C)c2ccc(Oc3cccc([N+](=O)[O-])c3)cc2)cc(C)c1Oc1cccc([N+](=O)[O-])c1. The maximum Gasteiger partial charge on any atom is 0.273 e. The third-order valence-corrected chi connectivity index (χ3v) is 6.27. The van der Waals surface area contributed by atoms with Gasteiger partial charge in [-0.15, -0.1) is 0 Å². The zero-order valence-corrected chi connectivity index (χ0v) is 20.9. The van der Waals surface area contributed by atoms with Gasteiger partial charge in [-0.25, -0.2) is 0 Å². The van der Waals surface area contributed by atoms with Gasteiger partial charge >= 0.3 is 0 Å². The molecule has 4 rings (SSSR count). The first kappa shape index (κ1) is 25.4. The summed E-state index contributed by atoms with van der Waals surface area (Å²) in [6.45, 7) is 8.15. The molecule has 8 nitrogen and oxygen atoms in total. The molecule has 0 N–H and O–H groups in total. The molecule has 37 heavy (non-hydrogen) atoms. The van der Waals surface area contributed by atoms with Gasteiger partial charge in [-0.2, -0.15) is 0 Å². The molecule has 0 aliphatic rings. The van der Waals surface area contributed by atoms with Gasteiger partial charge in [0.05, 0.1) is 22.0 Å². The van der Waals surface area contributed by atoms with Crippen LogP contribution in [0.1, 0.15) is 36.1 Å². The monoisotopic (exact) mass is 498 g/mol. The predicted molar refractivity (Wildman–Crippen MR) is 141 cm³/mol. The van der Waals surface area contributed by atoms with Crippen molar-refractivity contribution in [1.29, 1.82) is 0 Å². The van der Waals surface area contributed by atoms with Crippen molar-refractivity contribution in [2.75, 3.05) is 0 Å². The molecule has 0 saturated heterocycles. The van der Waals surface area contributed by atoms with Crippen molar-refractivity contribution in [3.63, 3.8) is 0 Å². The highest BCUT2D eigenvalue weighted by molar-refractivity contribution is 5.51. The number of benzene rings is 4. The van der Waals surface area contributed by atoms with Crippen LogP contribution in [0.4, 0.5) is 11.4 Å². The summed E-state index contributed by atoms with van der Waals surface area (Å²) < 4.78 is 11.8. The molecule has 0 aromatic heterocycles. The van der Waals surface area contributed by atoms with E-state index in [1.54, 1.807) is 24.3 Å². The average molecular weight is 499 g/mol. The molecule has 188 valence electrons. The smallest absolute Gasteiger partial charge is 0.273 e. The summed E-state index contributed by atoms with van der Waals surface area (Å²) in [4.78, 5) is 21.2. The standard InChI is InChI=1S/C29H26N2O6/c1-19-15-22(16-20(2)28(19)37-27-10-6-8-24(18-27)31(34)35)29(3,4)21-11-13-25(14-12-21)36-26-9-5-7-23(17-26)30(32)33/h5-18H,1-4H3. The molecule has 0 aliphatic heterocycles. The van der Waals surface area contributed by atoms with Crippen molar-refractivity contribution in [2.45, 2.75) is 33.1 Å². The van der Waals surface area contributed by atoms with Crippen molar-refractivity contribution >= 4 is 11.4 Å². The van der Waals surface area contributed by atoms with Crippen molar-refractivity contribution in [1.82, 2.24) is 0 Å². The zero-order chi connectivity index (χ0) is 26.7. The summed E-state index contributed by atoms with van der Waals surface area (Å²) >= 11 is 0. The van der Waals surface area contributed by atoms with Crippen LogP contribution in [-0.2, 0) is 5.41 Å². The minimum atomic E-state index is -0.456. The van der Waals surface area contributed by atoms with E-state index in [1.165, 1.54) is 24.3 Å². The minimum Gasteiger partial charge on any atom is -0.457 e. The molecule has 0 radical (unpaired) electrons. The van der Waals surface area contributed by atoms with E-state index in [9.17, 15) is 20.2 Å². The normalized spacial score (nSPS) is 11.1. The minimum absolute atomic E-state index is 0.0246. The highest BCUT2D eigenvalue weighted by Gasteiger charge is 2.25. The molecule has 0 bridgehead atoms. The number of aryl methyl sites for hydroxylation is 2. The summed E-state index contributed by atoms with van der Waals surface area (Å²) in [5, 5.41) is 22.1. The molecule has 0 spiro atoms. The highest BCUT2D eigenvalue weighted by Crippen LogP contribution is 2.38. The molecule has 0 unspecified atom stereocenters. The second-order valence-corrected chi connectivity index (χ2v) is 9.30. The van der Waals surface area contributed by atoms with Gasteiger partial charge in [-0.3, -0.25) is 20.2 Å². The van der Waals surface area contributed by atoms with E-state index in [4.69, 9.17) is 9.47 Å². The van der Waals surface area contributed by atoms with Crippen LogP contribution in [0.3, 0.4) is 0 Å². The van der Waals surface area contributed by atoms with Crippen LogP contribution in [0, 0.1) is 34.1 Å². The number of nitrogens with zero attached hydrogens (tertiary/aromatic N) is 2. The topological polar surface area (TPSA) is 105 Å². The average Bonchev–Trinajstić information content (AvgIpc) is 2.86. The molecular weight excluding hydrogens is 472 g/mol. The molecule has 0 atom stereocenters. The van der Waals surface area contributed by atoms with Crippen molar-refractivity contribution in [3.8, 4) is 23.0 Å². The Hall–Kier alpha value is -4.72. The molecule has 0 fully saturated rings. The Morgan fingerprint density at radius 2 is 1.11 bits per heavy atom. The van der Waals surface area contributed by atoms with Crippen LogP contribution in [0.5, 0.6) is 23.0 Å². The van der Waals surface area contributed by atoms with Crippen molar-refractivity contribution in [2.24, 2.45) is 0 Å². The van der Waals surface area contributed by atoms with Gasteiger partial charge in [0.2, 0.25) is 0 Å². The Kier molecular flexibility index (Phi) is 6.93. The van der Waals surface area contributed by atoms with Crippen LogP contribution in [-0.4, -0.2) is 9.85 Å². The number of rotatable bonds is 8. The van der Waals surface area contributed by atoms with Crippen LogP contribution < -0.4 is 9.47 Å². The number of hydrogen-bond donors (Lipinski definition) is 0. The summed E-state index contributed by atoms with van der Waals surface area (Å²) in [6, 6.07) is 24.0. The summed E-state index contributed by atoms with van der Waals surface area (Å²) in [7, 11) is 0. The lowest BCUT2D eigenvalue weighted by Gasteiger charge is -2.28. The first-order chi connectivity index (χ1) is 17.5. The number of nitro groups is 2. The fourth-order valence-corrected chi connectivity index (χ4v) is 4.15. The first-order valence-electron chi connectivity index (χ1n) is 11.6. The highest BCUT2D eigenvalue weighted by atomic mass is 16.6. The van der Waals surface area contributed by atoms with Crippen LogP contribution in [0.2, 0.25) is 0 Å². The largest absolute Gasteiger partial charge is 0.457 e. The van der Waals surface area contributed by atoms with E-state index in [2.05, 4.69) is 26.0 Å². The van der Waals surface area contributed by atoms with Gasteiger partial charge in [0.1, 0.15) is 23.0 Å². The van der Waals surface area contributed by atoms with Gasteiger partial charge in [-0.05, 0) is 60.4 Å². The fraction of sp³-hybridized carbons (Fsp3) is 0.172. The quantitative estimate of drug-likeness (QED) is 0.180. The molecule has 0 amide bonds. The van der Waals surface area contributed by atoms with E-state index in [1.807, 2.05) is 38.1 Å². The Balaban J connectivity index is 1.56. The second-order valence-electron chi connectivity index (χ2n) is 9.30. The molecule has 4 aromatic carbocycles. The van der Waals surface area contributed by atoms with Crippen LogP contribution in [0.15, 0.2) is 84.9 Å². The van der Waals surface area contributed by atoms with Gasteiger partial charge in [-0.1, -0.05) is 50.2 Å². The van der Waals surface area contributed by atoms with Crippen molar-refractivity contribution in [3.05, 3.63) is 127 Å². The van der Waals surface area contributed by atoms with E-state index in [-0.39, 0.29) is 16.8 Å². The maximum atomic E-state index is 11.1. The van der Waals surface area contributed by atoms with E-state index in [0.717, 1.165) is 22.3 Å². The molecule has 0 heterocycles. The lowest BCUT2D eigenvalue weighted by atomic mass is 9.77. The van der Waals surface area contributed by atoms with Gasteiger partial charge in [0, 0.05) is 17.5 Å². The fourth-order valence-electron chi connectivity index (χ4n) is 4.15. The van der Waals surface area contributed by atoms with E-state index >= 15 is 0 Å². The van der Waals surface area contributed by atoms with E-state index < -0.39 is 9.85 Å². The van der Waals surface area contributed by atoms with Gasteiger partial charge < -0.3 is 9.47 Å². The molecule has 0 saturated carbocycles. The van der Waals surface area contributed by atoms with Crippen molar-refractivity contribution < 1.29 is 19.3 Å². The Morgan fingerprint density at radius 1 is 0.622 bits per heavy atom. The third kappa shape index (κ3) is 5.59. The molecule has 0 aliphatic carbocycles. The summed E-state index contributed by atoms with van der Waals surface area (Å²) in [5.41, 5.74) is 3.58. The molecule has 4 aromatic rings. The van der Waals surface area contributed by atoms with Crippen LogP contribution >= 0.6 is 0 Å². The lowest BCUT2D eigenvalue weighted by Crippen LogP contribution is -2.19. The number of non-ortho nitro benzene ring substituents is 2. The second kappa shape index (κ2) is 10.1. The number of hydrogen-bond acceptors (Lipinski definition) is 6. The lowest BCUT2D eigenvalue weighted by molar-refractivity contribution is -0.385. The van der Waals surface area contributed by atoms with Gasteiger partial charge in [0.25, 0.3) is 11.4 Å². The number of ether oxygens (including phenoxy) is 2. The molecule has 8 heteroatoms. The molecular formula is C29H26N2O6. The van der Waals surface area contributed by atoms with Crippen LogP contribution in [0.25, 0.3) is 0 Å². The zero-order valence-electron chi connectivity index (χ0n) is 20.9. The summed E-state index contributed by atoms with van der Waals surface area (Å²) in [5.74, 6) is 2.05. The first-order valence-corrected chi connectivity index (χ1v) is 11.6. The summed E-state index contributed by atoms with van der Waals surface area (Å²) in [6.07, 6.45) is 0. The Bertz CT molecular complexity index is 1460. The number of nitro benzene ring substituents is 2. The Morgan fingerprint density at radius 3 is 1.59 bits per heavy atom. The predicted octanol–water partition coefficient (Wildman–Crippen LogP) is 8.03. The maximum absolute atomic E-state index is 11.1. The third-order valence-electron chi connectivity index (χ3n) is 6.27. The van der Waals surface area contributed by atoms with Gasteiger partial charge in [0.15, 0.2) is 0 Å².